The fraction of sp³-hybridized carbons (Fsp3) is 0.250. The first-order valence-corrected chi connectivity index (χ1v) is 8.26. The van der Waals surface area contributed by atoms with Crippen LogP contribution in [0.4, 0.5) is 8.78 Å². The van der Waals surface area contributed by atoms with Gasteiger partial charge in [-0.1, -0.05) is 24.3 Å². The van der Waals surface area contributed by atoms with Crippen molar-refractivity contribution in [1.29, 1.82) is 0 Å². The van der Waals surface area contributed by atoms with Gasteiger partial charge in [-0.25, -0.2) is 8.78 Å². The average Bonchev–Trinajstić information content (AvgIpc) is 2.51. The first-order chi connectivity index (χ1) is 10.6. The van der Waals surface area contributed by atoms with Crippen molar-refractivity contribution in [3.63, 3.8) is 0 Å². The second-order valence-electron chi connectivity index (χ2n) is 4.74. The molecule has 0 aliphatic rings. The molecule has 0 saturated carbocycles. The quantitative estimate of drug-likeness (QED) is 0.732. The van der Waals surface area contributed by atoms with Crippen LogP contribution in [-0.2, 0) is 19.7 Å². The highest BCUT2D eigenvalue weighted by molar-refractivity contribution is 6.36. The molecule has 118 valence electrons. The Bertz CT molecular complexity index is 581. The number of hydrogen-bond donors (Lipinski definition) is 0. The van der Waals surface area contributed by atoms with Crippen LogP contribution in [0.5, 0.6) is 0 Å². The van der Waals surface area contributed by atoms with E-state index in [1.54, 1.807) is 14.2 Å². The van der Waals surface area contributed by atoms with Crippen molar-refractivity contribution in [3.05, 3.63) is 59.7 Å². The summed E-state index contributed by atoms with van der Waals surface area (Å²) in [5.74, 6) is -1.16. The molecule has 0 unspecified atom stereocenters. The zero-order valence-electron chi connectivity index (χ0n) is 12.5. The fourth-order valence-corrected chi connectivity index (χ4v) is 2.86. The number of halogens is 2. The topological polar surface area (TPSA) is 27.7 Å². The van der Waals surface area contributed by atoms with Crippen LogP contribution in [0.15, 0.2) is 42.5 Å². The molecule has 3 nitrogen and oxygen atoms in total. The van der Waals surface area contributed by atoms with Crippen LogP contribution < -0.4 is 0 Å². The third-order valence-corrected chi connectivity index (χ3v) is 4.46. The van der Waals surface area contributed by atoms with Crippen LogP contribution in [0, 0.1) is 11.6 Å². The van der Waals surface area contributed by atoms with Gasteiger partial charge >= 0.3 is 9.53 Å². The van der Waals surface area contributed by atoms with Crippen molar-refractivity contribution in [1.82, 2.24) is 0 Å². The highest BCUT2D eigenvalue weighted by atomic mass is 28.3. The second-order valence-corrected chi connectivity index (χ2v) is 6.59. The summed E-state index contributed by atoms with van der Waals surface area (Å²) in [5, 5.41) is 0. The highest BCUT2D eigenvalue weighted by Gasteiger charge is 2.10. The molecule has 0 fully saturated rings. The average molecular weight is 324 g/mol. The van der Waals surface area contributed by atoms with Crippen LogP contribution in [0.25, 0.3) is 11.1 Å². The molecule has 0 saturated heterocycles. The lowest BCUT2D eigenvalue weighted by Gasteiger charge is -2.11. The summed E-state index contributed by atoms with van der Waals surface area (Å²) in [7, 11) is 1.14. The molecule has 22 heavy (non-hydrogen) atoms. The summed E-state index contributed by atoms with van der Waals surface area (Å²) < 4.78 is 42.1. The predicted octanol–water partition coefficient (Wildman–Crippen LogP) is 3.20. The maximum Gasteiger partial charge on any atom is 0.483 e. The number of rotatable bonds is 7. The minimum Gasteiger partial charge on any atom is -0.379 e. The van der Waals surface area contributed by atoms with Crippen molar-refractivity contribution >= 4 is 9.53 Å². The van der Waals surface area contributed by atoms with Gasteiger partial charge < -0.3 is 13.3 Å². The molecule has 0 radical (unpaired) electrons. The SMILES string of the molecule is CO[SiH](OC)OCCc1ccc(-c2cc(F)cc(F)c2)cc1. The van der Waals surface area contributed by atoms with Gasteiger partial charge in [0, 0.05) is 26.9 Å². The smallest absolute Gasteiger partial charge is 0.379 e. The van der Waals surface area contributed by atoms with Crippen molar-refractivity contribution in [2.24, 2.45) is 0 Å². The maximum atomic E-state index is 13.2. The van der Waals surface area contributed by atoms with Crippen LogP contribution in [0.1, 0.15) is 5.56 Å². The van der Waals surface area contributed by atoms with E-state index in [0.717, 1.165) is 17.2 Å². The molecule has 2 rings (SSSR count). The Morgan fingerprint density at radius 2 is 1.45 bits per heavy atom. The lowest BCUT2D eigenvalue weighted by molar-refractivity contribution is 0.137. The molecule has 0 aliphatic heterocycles. The van der Waals surface area contributed by atoms with Crippen LogP contribution in [0.3, 0.4) is 0 Å². The molecule has 6 heteroatoms. The first kappa shape index (κ1) is 16.8. The molecule has 2 aromatic carbocycles. The molecule has 0 aromatic heterocycles. The lowest BCUT2D eigenvalue weighted by atomic mass is 10.0. The van der Waals surface area contributed by atoms with Crippen molar-refractivity contribution in [3.8, 4) is 11.1 Å². The zero-order chi connectivity index (χ0) is 15.9. The van der Waals surface area contributed by atoms with Gasteiger partial charge in [0.15, 0.2) is 0 Å². The van der Waals surface area contributed by atoms with Gasteiger partial charge in [0.2, 0.25) is 0 Å². The van der Waals surface area contributed by atoms with Gasteiger partial charge in [-0.3, -0.25) is 0 Å². The zero-order valence-corrected chi connectivity index (χ0v) is 13.7. The van der Waals surface area contributed by atoms with Gasteiger partial charge in [0.05, 0.1) is 0 Å². The van der Waals surface area contributed by atoms with Gasteiger partial charge in [-0.2, -0.15) is 0 Å². The molecule has 0 spiro atoms. The van der Waals surface area contributed by atoms with E-state index in [2.05, 4.69) is 0 Å². The van der Waals surface area contributed by atoms with E-state index in [1.807, 2.05) is 24.3 Å². The summed E-state index contributed by atoms with van der Waals surface area (Å²) in [4.78, 5) is 0. The van der Waals surface area contributed by atoms with E-state index in [4.69, 9.17) is 13.3 Å². The first-order valence-electron chi connectivity index (χ1n) is 6.85. The van der Waals surface area contributed by atoms with Gasteiger partial charge in [0.1, 0.15) is 11.6 Å². The molecule has 0 amide bonds. The van der Waals surface area contributed by atoms with E-state index >= 15 is 0 Å². The van der Waals surface area contributed by atoms with E-state index in [1.165, 1.54) is 12.1 Å². The molecule has 0 heterocycles. The Labute approximate surface area is 130 Å². The van der Waals surface area contributed by atoms with Crippen LogP contribution in [0.2, 0.25) is 0 Å². The van der Waals surface area contributed by atoms with Crippen LogP contribution in [-0.4, -0.2) is 30.4 Å². The molecule has 0 atom stereocenters. The van der Waals surface area contributed by atoms with Gasteiger partial charge in [-0.15, -0.1) is 0 Å². The minimum absolute atomic E-state index is 0.506. The Morgan fingerprint density at radius 1 is 0.864 bits per heavy atom. The Morgan fingerprint density at radius 3 is 2.00 bits per heavy atom. The lowest BCUT2D eigenvalue weighted by Crippen LogP contribution is -2.24. The highest BCUT2D eigenvalue weighted by Crippen LogP contribution is 2.22. The summed E-state index contributed by atoms with van der Waals surface area (Å²) in [5.41, 5.74) is 2.36. The largest absolute Gasteiger partial charge is 0.483 e. The van der Waals surface area contributed by atoms with Crippen molar-refractivity contribution in [2.45, 2.75) is 6.42 Å². The molecule has 0 bridgehead atoms. The predicted molar refractivity (Wildman–Crippen MR) is 82.6 cm³/mol. The van der Waals surface area contributed by atoms with E-state index in [0.29, 0.717) is 18.6 Å². The Kier molecular flexibility index (Phi) is 6.20. The normalized spacial score (nSPS) is 11.1. The van der Waals surface area contributed by atoms with Crippen molar-refractivity contribution < 1.29 is 22.1 Å². The summed E-state index contributed by atoms with van der Waals surface area (Å²) >= 11 is 0. The van der Waals surface area contributed by atoms with Crippen molar-refractivity contribution in [2.75, 3.05) is 20.8 Å². The molecule has 0 N–H and O–H groups in total. The minimum atomic E-state index is -1.99. The van der Waals surface area contributed by atoms with E-state index < -0.39 is 21.2 Å². The third kappa shape index (κ3) is 4.71. The molecule has 2 aromatic rings. The molecule has 0 aliphatic carbocycles. The monoisotopic (exact) mass is 324 g/mol. The Balaban J connectivity index is 1.98. The summed E-state index contributed by atoms with van der Waals surface area (Å²) in [6, 6.07) is 11.0. The van der Waals surface area contributed by atoms with Crippen LogP contribution >= 0.6 is 0 Å². The Hall–Kier alpha value is -1.60. The number of hydrogen-bond acceptors (Lipinski definition) is 3. The van der Waals surface area contributed by atoms with E-state index in [9.17, 15) is 8.78 Å². The van der Waals surface area contributed by atoms with Gasteiger partial charge in [-0.05, 0) is 35.2 Å². The standard InChI is InChI=1S/C16H18F2O3Si/c1-19-22(20-2)21-8-7-12-3-5-13(6-4-12)14-9-15(17)11-16(18)10-14/h3-6,9-11,22H,7-8H2,1-2H3. The second kappa shape index (κ2) is 8.14. The molecular formula is C16H18F2O3Si. The van der Waals surface area contributed by atoms with E-state index in [-0.39, 0.29) is 0 Å². The maximum absolute atomic E-state index is 13.2. The number of benzene rings is 2. The van der Waals surface area contributed by atoms with Gasteiger partial charge in [0.25, 0.3) is 0 Å². The summed E-state index contributed by atoms with van der Waals surface area (Å²) in [6.07, 6.45) is 0.716. The summed E-state index contributed by atoms with van der Waals surface area (Å²) in [6.45, 7) is 0.506. The third-order valence-electron chi connectivity index (χ3n) is 3.18. The molecular weight excluding hydrogens is 306 g/mol. The fourth-order valence-electron chi connectivity index (χ4n) is 2.09.